The molecule has 0 radical (unpaired) electrons. The van der Waals surface area contributed by atoms with Crippen molar-refractivity contribution in [3.8, 4) is 11.3 Å². The van der Waals surface area contributed by atoms with Crippen LogP contribution in [-0.2, 0) is 4.74 Å². The van der Waals surface area contributed by atoms with Crippen LogP contribution in [0.4, 0.5) is 0 Å². The van der Waals surface area contributed by atoms with Gasteiger partial charge < -0.3 is 4.74 Å². The molecule has 0 bridgehead atoms. The molecule has 0 unspecified atom stereocenters. The van der Waals surface area contributed by atoms with Crippen molar-refractivity contribution in [3.63, 3.8) is 0 Å². The Kier molecular flexibility index (Phi) is 2.45. The molecule has 3 nitrogen and oxygen atoms in total. The van der Waals surface area contributed by atoms with Crippen molar-refractivity contribution in [1.82, 2.24) is 4.98 Å². The predicted octanol–water partition coefficient (Wildman–Crippen LogP) is 3.13. The molecule has 0 atom stereocenters. The molecule has 0 saturated heterocycles. The molecule has 0 spiro atoms. The van der Waals surface area contributed by atoms with E-state index < -0.39 is 5.97 Å². The third kappa shape index (κ3) is 1.61. The van der Waals surface area contributed by atoms with E-state index >= 15 is 0 Å². The number of nitrogens with zero attached hydrogens (tertiary/aromatic N) is 1. The van der Waals surface area contributed by atoms with E-state index in [9.17, 15) is 4.79 Å². The van der Waals surface area contributed by atoms with E-state index in [2.05, 4.69) is 4.98 Å². The number of rotatable bonds is 1. The number of esters is 1. The molecule has 1 aromatic carbocycles. The van der Waals surface area contributed by atoms with Crippen molar-refractivity contribution in [3.05, 3.63) is 54.2 Å². The molecule has 1 aromatic rings. The first kappa shape index (κ1) is 10.7. The Balaban J connectivity index is 2.35. The minimum atomic E-state index is -0.405. The van der Waals surface area contributed by atoms with Crippen LogP contribution in [0.3, 0.4) is 0 Å². The summed E-state index contributed by atoms with van der Waals surface area (Å²) in [6.07, 6.45) is 0. The molecule has 88 valence electrons. The smallest absolute Gasteiger partial charge is 0.356 e. The van der Waals surface area contributed by atoms with Crippen LogP contribution in [0.1, 0.15) is 10.5 Å². The highest BCUT2D eigenvalue weighted by atomic mass is 16.5. The van der Waals surface area contributed by atoms with Crippen LogP contribution < -0.4 is 0 Å². The van der Waals surface area contributed by atoms with Crippen molar-refractivity contribution >= 4 is 16.7 Å². The van der Waals surface area contributed by atoms with Gasteiger partial charge in [0.1, 0.15) is 5.69 Å². The standard InChI is InChI=1S/C15H11NO2/c1-18-15(17)13-9-11-7-4-6-10-5-2-3-8-12(10)14(11)16-13/h2-9H,1H3. The Morgan fingerprint density at radius 2 is 1.89 bits per heavy atom. The van der Waals surface area contributed by atoms with E-state index in [0.29, 0.717) is 5.69 Å². The zero-order chi connectivity index (χ0) is 12.5. The summed E-state index contributed by atoms with van der Waals surface area (Å²) in [6, 6.07) is 15.7. The molecule has 3 heteroatoms. The Labute approximate surface area is 104 Å². The molecule has 0 aromatic heterocycles. The van der Waals surface area contributed by atoms with Gasteiger partial charge in [-0.15, -0.1) is 0 Å². The van der Waals surface area contributed by atoms with Crippen LogP contribution >= 0.6 is 0 Å². The van der Waals surface area contributed by atoms with Gasteiger partial charge >= 0.3 is 5.97 Å². The highest BCUT2D eigenvalue weighted by Crippen LogP contribution is 2.29. The van der Waals surface area contributed by atoms with Gasteiger partial charge in [-0.25, -0.2) is 9.78 Å². The van der Waals surface area contributed by atoms with Crippen LogP contribution in [0.5, 0.6) is 0 Å². The first-order valence-electron chi connectivity index (χ1n) is 5.66. The molecule has 2 aliphatic rings. The predicted molar refractivity (Wildman–Crippen MR) is 69.7 cm³/mol. The number of carbonyl (C=O) groups excluding carboxylic acids is 1. The lowest BCUT2D eigenvalue weighted by atomic mass is 10.1. The van der Waals surface area contributed by atoms with Crippen LogP contribution in [-0.4, -0.2) is 18.1 Å². The molecular weight excluding hydrogens is 226 g/mol. The van der Waals surface area contributed by atoms with E-state index in [1.165, 1.54) is 7.11 Å². The van der Waals surface area contributed by atoms with Crippen LogP contribution in [0.25, 0.3) is 22.0 Å². The molecule has 1 aliphatic carbocycles. The Morgan fingerprint density at radius 1 is 1.11 bits per heavy atom. The lowest BCUT2D eigenvalue weighted by molar-refractivity contribution is 0.0595. The molecule has 18 heavy (non-hydrogen) atoms. The van der Waals surface area contributed by atoms with Crippen molar-refractivity contribution < 1.29 is 9.53 Å². The lowest BCUT2D eigenvalue weighted by Crippen LogP contribution is -2.00. The quantitative estimate of drug-likeness (QED) is 0.610. The third-order valence-electron chi connectivity index (χ3n) is 2.96. The maximum atomic E-state index is 11.5. The number of ether oxygens (including phenoxy) is 1. The zero-order valence-corrected chi connectivity index (χ0v) is 9.88. The number of carbonyl (C=O) groups is 1. The second-order valence-electron chi connectivity index (χ2n) is 4.05. The largest absolute Gasteiger partial charge is 0.464 e. The van der Waals surface area contributed by atoms with Gasteiger partial charge in [-0.2, -0.15) is 0 Å². The number of fused-ring (bicyclic) bond motifs is 3. The third-order valence-corrected chi connectivity index (χ3v) is 2.96. The van der Waals surface area contributed by atoms with Gasteiger partial charge in [0, 0.05) is 10.9 Å². The number of benzene rings is 1. The maximum Gasteiger partial charge on any atom is 0.356 e. The normalized spacial score (nSPS) is 10.7. The average molecular weight is 237 g/mol. The van der Waals surface area contributed by atoms with Crippen molar-refractivity contribution in [2.24, 2.45) is 0 Å². The summed E-state index contributed by atoms with van der Waals surface area (Å²) < 4.78 is 4.70. The van der Waals surface area contributed by atoms with Crippen molar-refractivity contribution in [2.45, 2.75) is 0 Å². The first-order valence-corrected chi connectivity index (χ1v) is 5.66. The zero-order valence-electron chi connectivity index (χ0n) is 9.88. The molecule has 3 rings (SSSR count). The van der Waals surface area contributed by atoms with Gasteiger partial charge in [-0.3, -0.25) is 0 Å². The van der Waals surface area contributed by atoms with Gasteiger partial charge in [0.25, 0.3) is 0 Å². The molecule has 1 aliphatic heterocycles. The molecular formula is C15H11NO2. The number of hydrogen-bond acceptors (Lipinski definition) is 3. The van der Waals surface area contributed by atoms with Gasteiger partial charge in [0.15, 0.2) is 0 Å². The van der Waals surface area contributed by atoms with Crippen molar-refractivity contribution in [2.75, 3.05) is 7.11 Å². The molecule has 0 saturated carbocycles. The Hall–Kier alpha value is -2.42. The topological polar surface area (TPSA) is 39.2 Å². The summed E-state index contributed by atoms with van der Waals surface area (Å²) in [5.74, 6) is -0.405. The van der Waals surface area contributed by atoms with Crippen LogP contribution in [0.15, 0.2) is 48.5 Å². The Bertz CT molecular complexity index is 706. The lowest BCUT2D eigenvalue weighted by Gasteiger charge is -1.95. The number of methoxy groups -OCH3 is 1. The SMILES string of the molecule is COC(=O)c1cc2cccc3ccccc3c-2n1. The van der Waals surface area contributed by atoms with Gasteiger partial charge in [0.2, 0.25) is 0 Å². The summed E-state index contributed by atoms with van der Waals surface area (Å²) in [5.41, 5.74) is 2.12. The first-order chi connectivity index (χ1) is 8.79. The van der Waals surface area contributed by atoms with E-state index in [-0.39, 0.29) is 0 Å². The molecule has 1 heterocycles. The fraction of sp³-hybridized carbons (Fsp3) is 0.0667. The van der Waals surface area contributed by atoms with E-state index in [4.69, 9.17) is 4.74 Å². The summed E-state index contributed by atoms with van der Waals surface area (Å²) >= 11 is 0. The molecule has 0 N–H and O–H groups in total. The number of hydrogen-bond donors (Lipinski definition) is 0. The number of aromatic nitrogens is 1. The van der Waals surface area contributed by atoms with E-state index in [1.807, 2.05) is 42.5 Å². The minimum Gasteiger partial charge on any atom is -0.464 e. The molecule has 0 fully saturated rings. The summed E-state index contributed by atoms with van der Waals surface area (Å²) in [5, 5.41) is 2.13. The summed E-state index contributed by atoms with van der Waals surface area (Å²) in [7, 11) is 1.36. The fourth-order valence-electron chi connectivity index (χ4n) is 2.10. The fourth-order valence-corrected chi connectivity index (χ4v) is 2.10. The second-order valence-corrected chi connectivity index (χ2v) is 4.05. The van der Waals surface area contributed by atoms with E-state index in [0.717, 1.165) is 22.0 Å². The highest BCUT2D eigenvalue weighted by Gasteiger charge is 2.15. The van der Waals surface area contributed by atoms with Crippen LogP contribution in [0.2, 0.25) is 0 Å². The highest BCUT2D eigenvalue weighted by molar-refractivity contribution is 5.98. The maximum absolute atomic E-state index is 11.5. The van der Waals surface area contributed by atoms with Gasteiger partial charge in [-0.1, -0.05) is 42.5 Å². The summed E-state index contributed by atoms with van der Waals surface area (Å²) in [6.45, 7) is 0. The minimum absolute atomic E-state index is 0.351. The van der Waals surface area contributed by atoms with Gasteiger partial charge in [-0.05, 0) is 11.5 Å². The monoisotopic (exact) mass is 237 g/mol. The van der Waals surface area contributed by atoms with E-state index in [1.54, 1.807) is 6.07 Å². The van der Waals surface area contributed by atoms with Crippen molar-refractivity contribution in [1.29, 1.82) is 0 Å². The van der Waals surface area contributed by atoms with Gasteiger partial charge in [0.05, 0.1) is 12.8 Å². The second kappa shape index (κ2) is 4.11. The van der Waals surface area contributed by atoms with Crippen LogP contribution in [0, 0.1) is 0 Å². The average Bonchev–Trinajstić information content (AvgIpc) is 2.75. The Morgan fingerprint density at radius 3 is 2.72 bits per heavy atom. The molecule has 0 amide bonds. The summed E-state index contributed by atoms with van der Waals surface area (Å²) in [4.78, 5) is 15.9.